The van der Waals surface area contributed by atoms with Crippen molar-refractivity contribution in [1.82, 2.24) is 15.0 Å². The van der Waals surface area contributed by atoms with Crippen LogP contribution in [0.3, 0.4) is 0 Å². The second-order valence-electron chi connectivity index (χ2n) is 5.27. The molecule has 9 heteroatoms. The van der Waals surface area contributed by atoms with E-state index in [1.54, 1.807) is 25.3 Å². The number of hydrogen-bond acceptors (Lipinski definition) is 6. The monoisotopic (exact) mass is 365 g/mol. The van der Waals surface area contributed by atoms with Gasteiger partial charge in [-0.25, -0.2) is 17.9 Å². The Kier molecular flexibility index (Phi) is 5.92. The molecule has 1 heterocycles. The van der Waals surface area contributed by atoms with Crippen molar-refractivity contribution in [3.63, 3.8) is 0 Å². The van der Waals surface area contributed by atoms with Gasteiger partial charge in [-0.2, -0.15) is 0 Å². The van der Waals surface area contributed by atoms with Crippen LogP contribution in [0.5, 0.6) is 0 Å². The molecule has 0 unspecified atom stereocenters. The van der Waals surface area contributed by atoms with E-state index in [2.05, 4.69) is 15.0 Å². The number of nitrogens with one attached hydrogen (secondary N) is 2. The molecule has 134 valence electrons. The number of fused-ring (bicyclic) bond motifs is 1. The predicted octanol–water partition coefficient (Wildman–Crippen LogP) is 1.48. The topological polar surface area (TPSA) is 114 Å². The number of aromatic nitrogens is 1. The molecule has 0 fully saturated rings. The van der Waals surface area contributed by atoms with Crippen molar-refractivity contribution >= 4 is 32.9 Å². The third-order valence-electron chi connectivity index (χ3n) is 3.25. The molecule has 0 saturated heterocycles. The van der Waals surface area contributed by atoms with E-state index in [-0.39, 0.29) is 30.0 Å². The van der Waals surface area contributed by atoms with E-state index in [9.17, 15) is 18.0 Å². The maximum Gasteiger partial charge on any atom is 0.407 e. The Morgan fingerprint density at radius 1 is 1.28 bits per heavy atom. The molecule has 0 radical (unpaired) electrons. The summed E-state index contributed by atoms with van der Waals surface area (Å²) in [7, 11) is -4.07. The van der Waals surface area contributed by atoms with Gasteiger partial charge >= 0.3 is 6.09 Å². The van der Waals surface area contributed by atoms with Crippen LogP contribution >= 0.6 is 0 Å². The molecule has 0 atom stereocenters. The smallest absolute Gasteiger partial charge is 0.407 e. The van der Waals surface area contributed by atoms with Gasteiger partial charge in [-0.1, -0.05) is 12.1 Å². The van der Waals surface area contributed by atoms with E-state index in [0.717, 1.165) is 5.56 Å². The van der Waals surface area contributed by atoms with E-state index in [4.69, 9.17) is 0 Å². The molecule has 1 aromatic carbocycles. The Bertz CT molecular complexity index is 896. The number of pyridine rings is 1. The lowest BCUT2D eigenvalue weighted by atomic mass is 10.2. The van der Waals surface area contributed by atoms with Gasteiger partial charge in [0.25, 0.3) is 10.0 Å². The Morgan fingerprint density at radius 2 is 2.04 bits per heavy atom. The van der Waals surface area contributed by atoms with Crippen LogP contribution in [0.1, 0.15) is 18.9 Å². The van der Waals surface area contributed by atoms with Crippen LogP contribution in [0.25, 0.3) is 10.9 Å². The minimum atomic E-state index is -4.07. The van der Waals surface area contributed by atoms with Crippen LogP contribution in [-0.4, -0.2) is 38.6 Å². The number of carbonyl (C=O) groups is 2. The van der Waals surface area contributed by atoms with Gasteiger partial charge in [0.2, 0.25) is 5.91 Å². The number of benzene rings is 1. The van der Waals surface area contributed by atoms with E-state index in [0.29, 0.717) is 5.39 Å². The first-order valence-corrected chi connectivity index (χ1v) is 9.13. The van der Waals surface area contributed by atoms with Gasteiger partial charge in [-0.3, -0.25) is 9.78 Å². The summed E-state index contributed by atoms with van der Waals surface area (Å²) >= 11 is 0. The molecular weight excluding hydrogens is 346 g/mol. The molecule has 0 spiro atoms. The number of aryl methyl sites for hydroxylation is 1. The molecule has 25 heavy (non-hydrogen) atoms. The van der Waals surface area contributed by atoms with Crippen molar-refractivity contribution in [3.8, 4) is 0 Å². The normalized spacial score (nSPS) is 11.1. The first kappa shape index (κ1) is 18.7. The van der Waals surface area contributed by atoms with E-state index >= 15 is 0 Å². The average Bonchev–Trinajstić information content (AvgIpc) is 2.53. The third kappa shape index (κ3) is 4.90. The Labute approximate surface area is 145 Å². The second kappa shape index (κ2) is 7.93. The Hall–Kier alpha value is -2.68. The quantitative estimate of drug-likeness (QED) is 0.801. The Morgan fingerprint density at radius 3 is 2.76 bits per heavy atom. The zero-order valence-corrected chi connectivity index (χ0v) is 14.7. The number of alkyl carbamates (subject to hydrolysis) is 1. The third-order valence-corrected chi connectivity index (χ3v) is 4.65. The SMILES string of the molecule is CCOC(=O)NCCC(=O)NS(=O)(=O)c1cccc2cc(C)cnc12. The lowest BCUT2D eigenvalue weighted by molar-refractivity contribution is -0.119. The van der Waals surface area contributed by atoms with E-state index < -0.39 is 22.0 Å². The largest absolute Gasteiger partial charge is 0.450 e. The average molecular weight is 365 g/mol. The number of nitrogens with zero attached hydrogens (tertiary/aromatic N) is 1. The van der Waals surface area contributed by atoms with Gasteiger partial charge in [-0.15, -0.1) is 0 Å². The van der Waals surface area contributed by atoms with Crippen LogP contribution in [0.4, 0.5) is 4.79 Å². The summed E-state index contributed by atoms with van der Waals surface area (Å²) < 4.78 is 31.5. The molecule has 0 aliphatic heterocycles. The van der Waals surface area contributed by atoms with Crippen molar-refractivity contribution < 1.29 is 22.7 Å². The fourth-order valence-electron chi connectivity index (χ4n) is 2.18. The minimum absolute atomic E-state index is 0.0346. The highest BCUT2D eigenvalue weighted by atomic mass is 32.2. The molecule has 0 saturated carbocycles. The first-order valence-electron chi connectivity index (χ1n) is 7.65. The molecule has 0 aliphatic rings. The van der Waals surface area contributed by atoms with Crippen molar-refractivity contribution in [2.24, 2.45) is 0 Å². The molecule has 1 aromatic heterocycles. The van der Waals surface area contributed by atoms with Gasteiger partial charge in [0.1, 0.15) is 4.90 Å². The standard InChI is InChI=1S/C16H19N3O5S/c1-3-24-16(21)17-8-7-14(20)19-25(22,23)13-6-4-5-12-9-11(2)10-18-15(12)13/h4-6,9-10H,3,7-8H2,1-2H3,(H,17,21)(H,19,20). The summed E-state index contributed by atoms with van der Waals surface area (Å²) in [6.45, 7) is 3.68. The van der Waals surface area contributed by atoms with Crippen molar-refractivity contribution in [1.29, 1.82) is 0 Å². The van der Waals surface area contributed by atoms with Crippen LogP contribution in [0.15, 0.2) is 35.4 Å². The maximum absolute atomic E-state index is 12.5. The molecule has 2 aromatic rings. The van der Waals surface area contributed by atoms with Gasteiger partial charge in [0.05, 0.1) is 12.1 Å². The number of ether oxygens (including phenoxy) is 1. The van der Waals surface area contributed by atoms with Crippen LogP contribution in [0, 0.1) is 6.92 Å². The highest BCUT2D eigenvalue weighted by Crippen LogP contribution is 2.21. The lowest BCUT2D eigenvalue weighted by Crippen LogP contribution is -2.34. The minimum Gasteiger partial charge on any atom is -0.450 e. The van der Waals surface area contributed by atoms with Gasteiger partial charge in [-0.05, 0) is 31.5 Å². The molecule has 2 rings (SSSR count). The van der Waals surface area contributed by atoms with Gasteiger partial charge in [0.15, 0.2) is 0 Å². The summed E-state index contributed by atoms with van der Waals surface area (Å²) in [5, 5.41) is 3.01. The molecular formula is C16H19N3O5S. The summed E-state index contributed by atoms with van der Waals surface area (Å²) in [5.41, 5.74) is 1.19. The number of amides is 2. The summed E-state index contributed by atoms with van der Waals surface area (Å²) in [4.78, 5) is 27.1. The number of para-hydroxylation sites is 1. The molecule has 2 N–H and O–H groups in total. The fraction of sp³-hybridized carbons (Fsp3) is 0.312. The van der Waals surface area contributed by atoms with Gasteiger partial charge < -0.3 is 10.1 Å². The van der Waals surface area contributed by atoms with Crippen molar-refractivity contribution in [2.45, 2.75) is 25.2 Å². The van der Waals surface area contributed by atoms with Gasteiger partial charge in [0, 0.05) is 24.5 Å². The number of carbonyl (C=O) groups excluding carboxylic acids is 2. The van der Waals surface area contributed by atoms with Crippen LogP contribution < -0.4 is 10.0 Å². The Balaban J connectivity index is 2.09. The van der Waals surface area contributed by atoms with Crippen LogP contribution in [-0.2, 0) is 19.6 Å². The maximum atomic E-state index is 12.5. The zero-order chi connectivity index (χ0) is 18.4. The number of rotatable bonds is 6. The molecule has 0 aliphatic carbocycles. The highest BCUT2D eigenvalue weighted by Gasteiger charge is 2.21. The molecule has 8 nitrogen and oxygen atoms in total. The number of hydrogen-bond donors (Lipinski definition) is 2. The van der Waals surface area contributed by atoms with Crippen molar-refractivity contribution in [3.05, 3.63) is 36.0 Å². The van der Waals surface area contributed by atoms with E-state index in [1.807, 2.05) is 17.7 Å². The number of sulfonamides is 1. The summed E-state index contributed by atoms with van der Waals surface area (Å²) in [6.07, 6.45) is 0.702. The molecule has 2 amide bonds. The zero-order valence-electron chi connectivity index (χ0n) is 13.9. The second-order valence-corrected chi connectivity index (χ2v) is 6.92. The summed E-state index contributed by atoms with van der Waals surface area (Å²) in [5.74, 6) is -0.735. The lowest BCUT2D eigenvalue weighted by Gasteiger charge is -2.10. The van der Waals surface area contributed by atoms with E-state index in [1.165, 1.54) is 6.07 Å². The van der Waals surface area contributed by atoms with Crippen LogP contribution in [0.2, 0.25) is 0 Å². The molecule has 0 bridgehead atoms. The van der Waals surface area contributed by atoms with Crippen molar-refractivity contribution in [2.75, 3.05) is 13.2 Å². The first-order chi connectivity index (χ1) is 11.8. The fourth-order valence-corrected chi connectivity index (χ4v) is 3.37. The predicted molar refractivity (Wildman–Crippen MR) is 91.5 cm³/mol. The highest BCUT2D eigenvalue weighted by molar-refractivity contribution is 7.90. The summed E-state index contributed by atoms with van der Waals surface area (Å²) in [6, 6.07) is 6.54.